The van der Waals surface area contributed by atoms with Gasteiger partial charge in [0.1, 0.15) is 0 Å². The van der Waals surface area contributed by atoms with Crippen LogP contribution < -0.4 is 24.2 Å². The molecule has 0 aromatic carbocycles. The second kappa shape index (κ2) is 4.13. The normalized spacial score (nSPS) is 12.4. The zero-order valence-electron chi connectivity index (χ0n) is 10.1. The first-order chi connectivity index (χ1) is 5.77. The van der Waals surface area contributed by atoms with E-state index in [1.54, 1.807) is 4.68 Å². The van der Waals surface area contributed by atoms with E-state index in [0.29, 0.717) is 5.04 Å². The Morgan fingerprint density at radius 3 is 2.14 bits per heavy atom. The number of rotatable bonds is 1. The second-order valence-corrected chi connectivity index (χ2v) is 10.3. The van der Waals surface area contributed by atoms with Gasteiger partial charge in [0.15, 0.2) is 0 Å². The van der Waals surface area contributed by atoms with E-state index in [2.05, 4.69) is 51.2 Å². The third-order valence-corrected chi connectivity index (χ3v) is 8.55. The first-order valence-electron chi connectivity index (χ1n) is 4.49. The molecule has 0 bridgehead atoms. The van der Waals surface area contributed by atoms with Crippen LogP contribution in [0.4, 0.5) is 0 Å². The van der Waals surface area contributed by atoms with Crippen LogP contribution in [-0.4, -0.2) is 23.1 Å². The van der Waals surface area contributed by atoms with Crippen LogP contribution in [-0.2, 0) is 0 Å². The van der Waals surface area contributed by atoms with Gasteiger partial charge in [-0.05, 0) is 6.20 Å². The largest absolute Gasteiger partial charge is 1.00 e. The maximum atomic E-state index is 3.89. The summed E-state index contributed by atoms with van der Waals surface area (Å²) in [7, 11) is 2.34. The smallest absolute Gasteiger partial charge is 0.387 e. The maximum Gasteiger partial charge on any atom is 1.00 e. The Morgan fingerprint density at radius 2 is 1.86 bits per heavy atom. The van der Waals surface area contributed by atoms with Crippen molar-refractivity contribution in [3.63, 3.8) is 0 Å². The molecule has 0 saturated carbocycles. The Hall–Kier alpha value is -0.176. The molecule has 1 aromatic heterocycles. The molecule has 1 rings (SSSR count). The minimum atomic E-state index is -1.50. The van der Waals surface area contributed by atoms with Crippen molar-refractivity contribution in [3.05, 3.63) is 13.2 Å². The standard InChI is InChI=1S/C9H18N3Si.Li/c1-9(2,3)13(5,6)8-7-10-11-12(8)4;/h7H,4H2,1-3,5-6H3;/q-1;+1. The van der Waals surface area contributed by atoms with Gasteiger partial charge in [-0.15, -0.1) is 5.21 Å². The van der Waals surface area contributed by atoms with E-state index in [1.807, 2.05) is 6.20 Å². The summed E-state index contributed by atoms with van der Waals surface area (Å²) >= 11 is 0. The summed E-state index contributed by atoms with van der Waals surface area (Å²) in [6.45, 7) is 11.5. The molecular formula is C9H18LiN3Si. The first-order valence-corrected chi connectivity index (χ1v) is 7.49. The van der Waals surface area contributed by atoms with Crippen LogP contribution in [0.2, 0.25) is 18.1 Å². The van der Waals surface area contributed by atoms with E-state index >= 15 is 0 Å². The summed E-state index contributed by atoms with van der Waals surface area (Å²) < 4.78 is 1.66. The molecule has 0 unspecified atom stereocenters. The molecule has 74 valence electrons. The monoisotopic (exact) mass is 203 g/mol. The van der Waals surface area contributed by atoms with Crippen LogP contribution in [0.15, 0.2) is 6.20 Å². The van der Waals surface area contributed by atoms with Crippen molar-refractivity contribution in [2.45, 2.75) is 38.9 Å². The van der Waals surface area contributed by atoms with Crippen LogP contribution in [0.5, 0.6) is 0 Å². The number of nitrogens with zero attached hydrogens (tertiary/aromatic N) is 3. The molecule has 0 spiro atoms. The molecule has 3 nitrogen and oxygen atoms in total. The Kier molecular flexibility index (Phi) is 4.08. The van der Waals surface area contributed by atoms with Gasteiger partial charge in [0.25, 0.3) is 0 Å². The molecule has 0 N–H and O–H groups in total. The van der Waals surface area contributed by atoms with Crippen molar-refractivity contribution in [3.8, 4) is 0 Å². The third kappa shape index (κ3) is 2.25. The average Bonchev–Trinajstić information content (AvgIpc) is 2.32. The van der Waals surface area contributed by atoms with Crippen LogP contribution in [0.3, 0.4) is 0 Å². The van der Waals surface area contributed by atoms with Gasteiger partial charge in [-0.3, -0.25) is 0 Å². The Morgan fingerprint density at radius 1 is 1.36 bits per heavy atom. The fourth-order valence-electron chi connectivity index (χ4n) is 1.13. The molecule has 1 heterocycles. The molecule has 0 fully saturated rings. The van der Waals surface area contributed by atoms with E-state index < -0.39 is 8.07 Å². The third-order valence-electron chi connectivity index (χ3n) is 3.13. The van der Waals surface area contributed by atoms with E-state index in [0.717, 1.165) is 0 Å². The summed E-state index contributed by atoms with van der Waals surface area (Å²) in [5.74, 6) is 0. The van der Waals surface area contributed by atoms with Crippen molar-refractivity contribution < 1.29 is 18.9 Å². The molecule has 0 aliphatic carbocycles. The second-order valence-electron chi connectivity index (χ2n) is 4.99. The van der Waals surface area contributed by atoms with Crippen molar-refractivity contribution >= 4 is 13.4 Å². The van der Waals surface area contributed by atoms with Gasteiger partial charge in [0, 0.05) is 8.07 Å². The molecule has 0 aliphatic rings. The molecule has 0 atom stereocenters. The van der Waals surface area contributed by atoms with Gasteiger partial charge < -0.3 is 4.68 Å². The van der Waals surface area contributed by atoms with Gasteiger partial charge in [0.2, 0.25) is 0 Å². The van der Waals surface area contributed by atoms with Gasteiger partial charge in [-0.1, -0.05) is 44.2 Å². The zero-order chi connectivity index (χ0) is 10.3. The topological polar surface area (TPSA) is 30.7 Å². The summed E-state index contributed by atoms with van der Waals surface area (Å²) in [6, 6.07) is 0. The van der Waals surface area contributed by atoms with Gasteiger partial charge in [0.05, 0.1) is 0 Å². The summed E-state index contributed by atoms with van der Waals surface area (Å²) in [5.41, 5.74) is 0. The molecule has 0 saturated heterocycles. The van der Waals surface area contributed by atoms with Crippen LogP contribution in [0.1, 0.15) is 20.8 Å². The number of hydrogen-bond donors (Lipinski definition) is 0. The number of aromatic nitrogens is 3. The Labute approximate surface area is 99.5 Å². The predicted molar refractivity (Wildman–Crippen MR) is 57.6 cm³/mol. The molecule has 0 aliphatic heterocycles. The van der Waals surface area contributed by atoms with E-state index in [-0.39, 0.29) is 18.9 Å². The van der Waals surface area contributed by atoms with Crippen LogP contribution in [0.25, 0.3) is 0 Å². The van der Waals surface area contributed by atoms with Crippen LogP contribution >= 0.6 is 0 Å². The minimum absolute atomic E-state index is 0. The maximum absolute atomic E-state index is 3.89. The minimum Gasteiger partial charge on any atom is -0.387 e. The van der Waals surface area contributed by atoms with Crippen LogP contribution in [0, 0.1) is 7.05 Å². The average molecular weight is 203 g/mol. The van der Waals surface area contributed by atoms with Gasteiger partial charge in [-0.25, -0.2) is 0 Å². The fourth-order valence-corrected chi connectivity index (χ4v) is 2.96. The first kappa shape index (κ1) is 13.8. The van der Waals surface area contributed by atoms with Crippen molar-refractivity contribution in [2.75, 3.05) is 0 Å². The van der Waals surface area contributed by atoms with Crippen molar-refractivity contribution in [1.82, 2.24) is 15.0 Å². The molecule has 14 heavy (non-hydrogen) atoms. The Balaban J connectivity index is 0.00000169. The molecule has 0 amide bonds. The summed E-state index contributed by atoms with van der Waals surface area (Å²) in [6.07, 6.45) is 1.85. The summed E-state index contributed by atoms with van der Waals surface area (Å²) in [5, 5.41) is 9.29. The van der Waals surface area contributed by atoms with E-state index in [4.69, 9.17) is 0 Å². The number of hydrogen-bond acceptors (Lipinski definition) is 2. The zero-order valence-corrected chi connectivity index (χ0v) is 11.1. The quantitative estimate of drug-likeness (QED) is 0.417. The summed E-state index contributed by atoms with van der Waals surface area (Å²) in [4.78, 5) is 0. The molecule has 1 aromatic rings. The van der Waals surface area contributed by atoms with Gasteiger partial charge >= 0.3 is 18.9 Å². The fraction of sp³-hybridized carbons (Fsp3) is 0.667. The molecule has 5 heteroatoms. The van der Waals surface area contributed by atoms with Gasteiger partial charge in [-0.2, -0.15) is 12.1 Å². The SMILES string of the molecule is [CH2-]n1nncc1[Si](C)(C)C(C)(C)C.[Li+]. The van der Waals surface area contributed by atoms with E-state index in [9.17, 15) is 0 Å². The molecular weight excluding hydrogens is 185 g/mol. The van der Waals surface area contributed by atoms with Crippen molar-refractivity contribution in [1.29, 1.82) is 0 Å². The van der Waals surface area contributed by atoms with Crippen molar-refractivity contribution in [2.24, 2.45) is 0 Å². The molecule has 0 radical (unpaired) electrons. The van der Waals surface area contributed by atoms with E-state index in [1.165, 1.54) is 5.32 Å². The predicted octanol–water partition coefficient (Wildman–Crippen LogP) is -1.36. The Bertz CT molecular complexity index is 301.